The zero-order valence-corrected chi connectivity index (χ0v) is 15.8. The van der Waals surface area contributed by atoms with Crippen LogP contribution in [0, 0.1) is 20.8 Å². The van der Waals surface area contributed by atoms with Gasteiger partial charge in [-0.1, -0.05) is 36.4 Å². The predicted octanol–water partition coefficient (Wildman–Crippen LogP) is 5.10. The molecule has 0 aliphatic heterocycles. The Morgan fingerprint density at radius 2 is 1.33 bits per heavy atom. The van der Waals surface area contributed by atoms with Crippen molar-refractivity contribution in [2.45, 2.75) is 20.8 Å². The van der Waals surface area contributed by atoms with Crippen LogP contribution in [0.5, 0.6) is 5.75 Å². The molecule has 0 aliphatic rings. The molecule has 0 aromatic heterocycles. The summed E-state index contributed by atoms with van der Waals surface area (Å²) in [6.07, 6.45) is 0. The number of hydrogen-bond acceptors (Lipinski definition) is 3. The van der Waals surface area contributed by atoms with Crippen molar-refractivity contribution in [3.8, 4) is 5.75 Å². The SMILES string of the molecule is Cc1cc(C)c(C(=O)COc2ccc(C(=O)c3ccccc3)cc2)cc1C. The first-order valence-corrected chi connectivity index (χ1v) is 8.89. The molecule has 0 saturated heterocycles. The third-order valence-electron chi connectivity index (χ3n) is 4.66. The maximum atomic E-state index is 12.5. The average Bonchev–Trinajstić information content (AvgIpc) is 2.69. The van der Waals surface area contributed by atoms with Crippen molar-refractivity contribution in [3.05, 3.63) is 100 Å². The third-order valence-corrected chi connectivity index (χ3v) is 4.66. The molecule has 0 radical (unpaired) electrons. The van der Waals surface area contributed by atoms with E-state index in [0.717, 1.165) is 11.1 Å². The Hall–Kier alpha value is -3.20. The molecule has 0 bridgehead atoms. The van der Waals surface area contributed by atoms with Crippen molar-refractivity contribution < 1.29 is 14.3 Å². The van der Waals surface area contributed by atoms with Gasteiger partial charge in [0.25, 0.3) is 0 Å². The van der Waals surface area contributed by atoms with Gasteiger partial charge in [0.05, 0.1) is 0 Å². The van der Waals surface area contributed by atoms with Gasteiger partial charge in [-0.05, 0) is 67.8 Å². The van der Waals surface area contributed by atoms with Crippen LogP contribution < -0.4 is 4.74 Å². The summed E-state index contributed by atoms with van der Waals surface area (Å²) in [7, 11) is 0. The van der Waals surface area contributed by atoms with E-state index in [1.54, 1.807) is 36.4 Å². The van der Waals surface area contributed by atoms with Crippen LogP contribution in [0.2, 0.25) is 0 Å². The molecule has 3 nitrogen and oxygen atoms in total. The highest BCUT2D eigenvalue weighted by molar-refractivity contribution is 6.09. The molecular weight excluding hydrogens is 336 g/mol. The fourth-order valence-electron chi connectivity index (χ4n) is 2.95. The first-order valence-electron chi connectivity index (χ1n) is 8.89. The zero-order valence-electron chi connectivity index (χ0n) is 15.8. The molecule has 0 atom stereocenters. The summed E-state index contributed by atoms with van der Waals surface area (Å²) in [6, 6.07) is 19.9. The van der Waals surface area contributed by atoms with Crippen molar-refractivity contribution >= 4 is 11.6 Å². The molecule has 0 aliphatic carbocycles. The van der Waals surface area contributed by atoms with Crippen molar-refractivity contribution in [2.24, 2.45) is 0 Å². The quantitative estimate of drug-likeness (QED) is 0.576. The van der Waals surface area contributed by atoms with Crippen molar-refractivity contribution in [1.82, 2.24) is 0 Å². The largest absolute Gasteiger partial charge is 0.485 e. The average molecular weight is 358 g/mol. The molecule has 3 aromatic rings. The van der Waals surface area contributed by atoms with Gasteiger partial charge in [0.2, 0.25) is 0 Å². The molecular formula is C24H22O3. The van der Waals surface area contributed by atoms with Crippen LogP contribution in [0.3, 0.4) is 0 Å². The van der Waals surface area contributed by atoms with Gasteiger partial charge >= 0.3 is 0 Å². The molecule has 0 amide bonds. The molecule has 3 rings (SSSR count). The minimum absolute atomic E-state index is 0.0324. The van der Waals surface area contributed by atoms with Crippen LogP contribution in [-0.2, 0) is 0 Å². The normalized spacial score (nSPS) is 10.5. The number of ether oxygens (including phenoxy) is 1. The number of benzene rings is 3. The molecule has 0 fully saturated rings. The second-order valence-electron chi connectivity index (χ2n) is 6.68. The highest BCUT2D eigenvalue weighted by Crippen LogP contribution is 2.18. The maximum Gasteiger partial charge on any atom is 0.200 e. The Balaban J connectivity index is 1.66. The summed E-state index contributed by atoms with van der Waals surface area (Å²) >= 11 is 0. The van der Waals surface area contributed by atoms with E-state index in [0.29, 0.717) is 22.4 Å². The fourth-order valence-corrected chi connectivity index (χ4v) is 2.95. The summed E-state index contributed by atoms with van der Waals surface area (Å²) in [4.78, 5) is 24.9. The molecule has 0 heterocycles. The molecule has 0 spiro atoms. The number of carbonyl (C=O) groups is 2. The molecule has 0 N–H and O–H groups in total. The van der Waals surface area contributed by atoms with Gasteiger partial charge in [0, 0.05) is 16.7 Å². The van der Waals surface area contributed by atoms with Crippen LogP contribution in [-0.4, -0.2) is 18.2 Å². The fraction of sp³-hybridized carbons (Fsp3) is 0.167. The Bertz CT molecular complexity index is 971. The van der Waals surface area contributed by atoms with Gasteiger partial charge in [-0.3, -0.25) is 9.59 Å². The number of carbonyl (C=O) groups excluding carboxylic acids is 2. The smallest absolute Gasteiger partial charge is 0.200 e. The number of aryl methyl sites for hydroxylation is 3. The second-order valence-corrected chi connectivity index (χ2v) is 6.68. The minimum Gasteiger partial charge on any atom is -0.485 e. The predicted molar refractivity (Wildman–Crippen MR) is 107 cm³/mol. The summed E-state index contributed by atoms with van der Waals surface area (Å²) in [5.41, 5.74) is 5.14. The first-order chi connectivity index (χ1) is 13.0. The lowest BCUT2D eigenvalue weighted by Crippen LogP contribution is -2.13. The lowest BCUT2D eigenvalue weighted by molar-refractivity contribution is 0.0920. The van der Waals surface area contributed by atoms with Gasteiger partial charge in [-0.15, -0.1) is 0 Å². The van der Waals surface area contributed by atoms with E-state index >= 15 is 0 Å². The maximum absolute atomic E-state index is 12.5. The highest BCUT2D eigenvalue weighted by atomic mass is 16.5. The van der Waals surface area contributed by atoms with E-state index in [9.17, 15) is 9.59 Å². The van der Waals surface area contributed by atoms with E-state index in [1.165, 1.54) is 5.56 Å². The van der Waals surface area contributed by atoms with Crippen molar-refractivity contribution in [2.75, 3.05) is 6.61 Å². The van der Waals surface area contributed by atoms with Crippen LogP contribution in [0.25, 0.3) is 0 Å². The first kappa shape index (κ1) is 18.6. The van der Waals surface area contributed by atoms with Gasteiger partial charge in [-0.2, -0.15) is 0 Å². The summed E-state index contributed by atoms with van der Waals surface area (Å²) in [6.45, 7) is 5.93. The Morgan fingerprint density at radius 3 is 2.00 bits per heavy atom. The van der Waals surface area contributed by atoms with Gasteiger partial charge in [0.1, 0.15) is 5.75 Å². The van der Waals surface area contributed by atoms with E-state index < -0.39 is 0 Å². The summed E-state index contributed by atoms with van der Waals surface area (Å²) < 4.78 is 5.63. The molecule has 27 heavy (non-hydrogen) atoms. The Morgan fingerprint density at radius 1 is 0.741 bits per heavy atom. The minimum atomic E-state index is -0.0555. The van der Waals surface area contributed by atoms with E-state index in [4.69, 9.17) is 4.74 Å². The van der Waals surface area contributed by atoms with E-state index in [2.05, 4.69) is 0 Å². The van der Waals surface area contributed by atoms with Crippen LogP contribution in [0.4, 0.5) is 0 Å². The lowest BCUT2D eigenvalue weighted by Gasteiger charge is -2.10. The molecule has 3 heteroatoms. The van der Waals surface area contributed by atoms with Crippen LogP contribution >= 0.6 is 0 Å². The van der Waals surface area contributed by atoms with Gasteiger partial charge in [0.15, 0.2) is 18.2 Å². The molecule has 3 aromatic carbocycles. The van der Waals surface area contributed by atoms with Crippen LogP contribution in [0.15, 0.2) is 66.7 Å². The number of Topliss-reactive ketones (excluding diaryl/α,β-unsaturated/α-hetero) is 1. The number of hydrogen-bond donors (Lipinski definition) is 0. The molecule has 136 valence electrons. The van der Waals surface area contributed by atoms with Crippen molar-refractivity contribution in [3.63, 3.8) is 0 Å². The van der Waals surface area contributed by atoms with Crippen molar-refractivity contribution in [1.29, 1.82) is 0 Å². The summed E-state index contributed by atoms with van der Waals surface area (Å²) in [5.74, 6) is 0.471. The molecule has 0 unspecified atom stereocenters. The van der Waals surface area contributed by atoms with E-state index in [-0.39, 0.29) is 18.2 Å². The standard InChI is InChI=1S/C24H22O3/c1-16-13-18(3)22(14-17(16)2)23(25)15-27-21-11-9-20(10-12-21)24(26)19-7-5-4-6-8-19/h4-14H,15H2,1-3H3. The third kappa shape index (κ3) is 4.32. The Kier molecular flexibility index (Phi) is 5.51. The number of rotatable bonds is 6. The van der Waals surface area contributed by atoms with E-state index in [1.807, 2.05) is 51.1 Å². The molecule has 0 saturated carbocycles. The second kappa shape index (κ2) is 8.00. The topological polar surface area (TPSA) is 43.4 Å². The Labute approximate surface area is 159 Å². The highest BCUT2D eigenvalue weighted by Gasteiger charge is 2.12. The van der Waals surface area contributed by atoms with Gasteiger partial charge < -0.3 is 4.74 Å². The number of ketones is 2. The zero-order chi connectivity index (χ0) is 19.4. The van der Waals surface area contributed by atoms with Gasteiger partial charge in [-0.25, -0.2) is 0 Å². The monoisotopic (exact) mass is 358 g/mol. The summed E-state index contributed by atoms with van der Waals surface area (Å²) in [5, 5.41) is 0. The lowest BCUT2D eigenvalue weighted by atomic mass is 9.98. The van der Waals surface area contributed by atoms with Crippen LogP contribution in [0.1, 0.15) is 43.0 Å².